The maximum atomic E-state index is 6.30. The van der Waals surface area contributed by atoms with E-state index >= 15 is 0 Å². The van der Waals surface area contributed by atoms with Gasteiger partial charge in [-0.05, 0) is 36.8 Å². The van der Waals surface area contributed by atoms with E-state index in [2.05, 4.69) is 39.5 Å². The SMILES string of the molecule is Cc1ccc(Nc2c(-c3ccc(N(C)C)cc3)nc3cnccn23)cc1Cl. The third-order valence-electron chi connectivity index (χ3n) is 4.52. The molecule has 0 aliphatic carbocycles. The minimum absolute atomic E-state index is 0.729. The molecule has 27 heavy (non-hydrogen) atoms. The third-order valence-corrected chi connectivity index (χ3v) is 4.93. The van der Waals surface area contributed by atoms with Gasteiger partial charge in [0.25, 0.3) is 0 Å². The Kier molecular flexibility index (Phi) is 4.46. The van der Waals surface area contributed by atoms with Crippen LogP contribution in [0.4, 0.5) is 17.2 Å². The topological polar surface area (TPSA) is 45.5 Å². The monoisotopic (exact) mass is 377 g/mol. The highest BCUT2D eigenvalue weighted by Gasteiger charge is 2.15. The molecule has 2 aromatic carbocycles. The summed E-state index contributed by atoms with van der Waals surface area (Å²) in [4.78, 5) is 11.1. The van der Waals surface area contributed by atoms with Crippen molar-refractivity contribution < 1.29 is 0 Å². The molecule has 0 aliphatic heterocycles. The average Bonchev–Trinajstić information content (AvgIpc) is 3.03. The van der Waals surface area contributed by atoms with Crippen molar-refractivity contribution in [1.82, 2.24) is 14.4 Å². The molecule has 0 bridgehead atoms. The third kappa shape index (κ3) is 3.34. The van der Waals surface area contributed by atoms with Crippen LogP contribution in [0.1, 0.15) is 5.56 Å². The zero-order valence-corrected chi connectivity index (χ0v) is 16.2. The van der Waals surface area contributed by atoms with E-state index in [1.54, 1.807) is 12.4 Å². The fourth-order valence-corrected chi connectivity index (χ4v) is 3.13. The number of fused-ring (bicyclic) bond motifs is 1. The smallest absolute Gasteiger partial charge is 0.157 e. The molecule has 4 aromatic rings. The Bertz CT molecular complexity index is 1100. The van der Waals surface area contributed by atoms with Crippen molar-refractivity contribution in [3.05, 3.63) is 71.6 Å². The van der Waals surface area contributed by atoms with Crippen molar-refractivity contribution in [2.24, 2.45) is 0 Å². The van der Waals surface area contributed by atoms with Crippen molar-refractivity contribution in [2.45, 2.75) is 6.92 Å². The van der Waals surface area contributed by atoms with Crippen LogP contribution in [-0.4, -0.2) is 28.5 Å². The van der Waals surface area contributed by atoms with E-state index in [9.17, 15) is 0 Å². The van der Waals surface area contributed by atoms with E-state index in [1.807, 2.05) is 49.8 Å². The fourth-order valence-electron chi connectivity index (χ4n) is 2.95. The largest absolute Gasteiger partial charge is 0.378 e. The molecule has 0 spiro atoms. The fraction of sp³-hybridized carbons (Fsp3) is 0.143. The molecule has 0 atom stereocenters. The van der Waals surface area contributed by atoms with Crippen LogP contribution in [0.5, 0.6) is 0 Å². The summed E-state index contributed by atoms with van der Waals surface area (Å²) in [5.74, 6) is 0.880. The molecule has 136 valence electrons. The van der Waals surface area contributed by atoms with Gasteiger partial charge in [-0.15, -0.1) is 0 Å². The number of rotatable bonds is 4. The van der Waals surface area contributed by atoms with E-state index < -0.39 is 0 Å². The maximum absolute atomic E-state index is 6.30. The Morgan fingerprint density at radius 1 is 1.07 bits per heavy atom. The normalized spacial score (nSPS) is 11.0. The lowest BCUT2D eigenvalue weighted by Gasteiger charge is -2.13. The van der Waals surface area contributed by atoms with Crippen LogP contribution < -0.4 is 10.2 Å². The van der Waals surface area contributed by atoms with Gasteiger partial charge in [0.05, 0.1) is 6.20 Å². The van der Waals surface area contributed by atoms with Crippen molar-refractivity contribution in [3.8, 4) is 11.3 Å². The van der Waals surface area contributed by atoms with E-state index in [0.717, 1.165) is 44.7 Å². The van der Waals surface area contributed by atoms with Gasteiger partial charge in [-0.1, -0.05) is 29.8 Å². The number of aromatic nitrogens is 3. The van der Waals surface area contributed by atoms with Gasteiger partial charge in [0.15, 0.2) is 5.65 Å². The maximum Gasteiger partial charge on any atom is 0.157 e. The number of nitrogens with one attached hydrogen (secondary N) is 1. The Labute approximate surface area is 163 Å². The summed E-state index contributed by atoms with van der Waals surface area (Å²) in [7, 11) is 4.05. The lowest BCUT2D eigenvalue weighted by molar-refractivity contribution is 1.13. The number of hydrogen-bond donors (Lipinski definition) is 1. The first-order valence-corrected chi connectivity index (χ1v) is 9.04. The number of halogens is 1. The molecule has 0 aliphatic rings. The Balaban J connectivity index is 1.82. The van der Waals surface area contributed by atoms with Gasteiger partial charge < -0.3 is 10.2 Å². The van der Waals surface area contributed by atoms with Gasteiger partial charge in [-0.25, -0.2) is 4.98 Å². The minimum atomic E-state index is 0.729. The van der Waals surface area contributed by atoms with Crippen LogP contribution in [0.2, 0.25) is 5.02 Å². The summed E-state index contributed by atoms with van der Waals surface area (Å²) < 4.78 is 2.00. The van der Waals surface area contributed by atoms with Crippen LogP contribution in [0, 0.1) is 6.92 Å². The van der Waals surface area contributed by atoms with Crippen molar-refractivity contribution in [3.63, 3.8) is 0 Å². The predicted molar refractivity (Wildman–Crippen MR) is 112 cm³/mol. The van der Waals surface area contributed by atoms with E-state index in [1.165, 1.54) is 0 Å². The molecule has 0 amide bonds. The second-order valence-corrected chi connectivity index (χ2v) is 7.05. The molecule has 5 nitrogen and oxygen atoms in total. The number of nitrogens with zero attached hydrogens (tertiary/aromatic N) is 4. The zero-order chi connectivity index (χ0) is 19.0. The lowest BCUT2D eigenvalue weighted by atomic mass is 10.1. The molecule has 0 saturated carbocycles. The van der Waals surface area contributed by atoms with Crippen LogP contribution in [0.15, 0.2) is 61.1 Å². The highest BCUT2D eigenvalue weighted by molar-refractivity contribution is 6.31. The van der Waals surface area contributed by atoms with Crippen LogP contribution >= 0.6 is 11.6 Å². The molecule has 0 saturated heterocycles. The van der Waals surface area contributed by atoms with E-state index in [4.69, 9.17) is 16.6 Å². The number of hydrogen-bond acceptors (Lipinski definition) is 4. The highest BCUT2D eigenvalue weighted by atomic mass is 35.5. The van der Waals surface area contributed by atoms with Gasteiger partial charge in [-0.2, -0.15) is 0 Å². The van der Waals surface area contributed by atoms with Gasteiger partial charge in [-0.3, -0.25) is 9.38 Å². The average molecular weight is 378 g/mol. The second-order valence-electron chi connectivity index (χ2n) is 6.64. The Morgan fingerprint density at radius 2 is 1.85 bits per heavy atom. The van der Waals surface area contributed by atoms with Gasteiger partial charge >= 0.3 is 0 Å². The molecule has 2 heterocycles. The number of anilines is 3. The molecule has 0 unspecified atom stereocenters. The summed E-state index contributed by atoms with van der Waals surface area (Å²) in [5, 5.41) is 4.21. The van der Waals surface area contributed by atoms with Crippen molar-refractivity contribution in [2.75, 3.05) is 24.3 Å². The van der Waals surface area contributed by atoms with Crippen molar-refractivity contribution >= 4 is 34.4 Å². The number of imidazole rings is 1. The Morgan fingerprint density at radius 3 is 2.56 bits per heavy atom. The van der Waals surface area contributed by atoms with Crippen LogP contribution in [0.25, 0.3) is 16.9 Å². The number of benzene rings is 2. The molecular formula is C21H20ClN5. The second kappa shape index (κ2) is 6.93. The zero-order valence-electron chi connectivity index (χ0n) is 15.4. The summed E-state index contributed by atoms with van der Waals surface area (Å²) in [6.07, 6.45) is 5.41. The molecule has 0 fully saturated rings. The first kappa shape index (κ1) is 17.4. The van der Waals surface area contributed by atoms with Gasteiger partial charge in [0.1, 0.15) is 11.5 Å². The quantitative estimate of drug-likeness (QED) is 0.533. The van der Waals surface area contributed by atoms with Crippen molar-refractivity contribution in [1.29, 1.82) is 0 Å². The molecule has 4 rings (SSSR count). The van der Waals surface area contributed by atoms with Crippen LogP contribution in [0.3, 0.4) is 0 Å². The molecule has 0 radical (unpaired) electrons. The summed E-state index contributed by atoms with van der Waals surface area (Å²) >= 11 is 6.30. The summed E-state index contributed by atoms with van der Waals surface area (Å²) in [5.41, 5.74) is 5.78. The standard InChI is InChI=1S/C21H20ClN5/c1-14-4-7-16(12-18(14)22)24-21-20(25-19-13-23-10-11-27(19)21)15-5-8-17(9-6-15)26(2)3/h4-13,24H,1-3H3. The molecule has 6 heteroatoms. The van der Waals surface area contributed by atoms with Crippen LogP contribution in [-0.2, 0) is 0 Å². The van der Waals surface area contributed by atoms with Gasteiger partial charge in [0.2, 0.25) is 0 Å². The highest BCUT2D eigenvalue weighted by Crippen LogP contribution is 2.32. The van der Waals surface area contributed by atoms with E-state index in [0.29, 0.717) is 0 Å². The number of aryl methyl sites for hydroxylation is 1. The first-order chi connectivity index (χ1) is 13.0. The van der Waals surface area contributed by atoms with Gasteiger partial charge in [0, 0.05) is 48.4 Å². The Hall–Kier alpha value is -3.05. The summed E-state index contributed by atoms with van der Waals surface area (Å²) in [6, 6.07) is 14.3. The lowest BCUT2D eigenvalue weighted by Crippen LogP contribution is -2.07. The molecule has 2 aromatic heterocycles. The predicted octanol–water partition coefficient (Wildman–Crippen LogP) is 5.17. The minimum Gasteiger partial charge on any atom is -0.378 e. The summed E-state index contributed by atoms with van der Waals surface area (Å²) in [6.45, 7) is 1.99. The van der Waals surface area contributed by atoms with E-state index in [-0.39, 0.29) is 0 Å². The first-order valence-electron chi connectivity index (χ1n) is 8.66. The molecular weight excluding hydrogens is 358 g/mol. The molecule has 1 N–H and O–H groups in total.